The van der Waals surface area contributed by atoms with Crippen molar-refractivity contribution in [3.8, 4) is 0 Å². The number of carboxylic acid groups (broad SMARTS) is 1. The lowest BCUT2D eigenvalue weighted by Gasteiger charge is -2.35. The summed E-state index contributed by atoms with van der Waals surface area (Å²) >= 11 is 0. The molecule has 4 nitrogen and oxygen atoms in total. The number of anilines is 1. The molecule has 1 saturated carbocycles. The first kappa shape index (κ1) is 15.7. The van der Waals surface area contributed by atoms with Crippen molar-refractivity contribution in [2.24, 2.45) is 5.92 Å². The zero-order chi connectivity index (χ0) is 15.6. The summed E-state index contributed by atoms with van der Waals surface area (Å²) in [5.74, 6) is -2.68. The second kappa shape index (κ2) is 5.97. The summed E-state index contributed by atoms with van der Waals surface area (Å²) in [5, 5.41) is 21.9. The highest BCUT2D eigenvalue weighted by molar-refractivity contribution is 5.70. The molecule has 0 bridgehead atoms. The summed E-state index contributed by atoms with van der Waals surface area (Å²) in [6.07, 6.45) is 1.33. The van der Waals surface area contributed by atoms with Crippen molar-refractivity contribution < 1.29 is 23.8 Å². The molecule has 116 valence electrons. The third-order valence-corrected chi connectivity index (χ3v) is 4.14. The van der Waals surface area contributed by atoms with Gasteiger partial charge >= 0.3 is 5.97 Å². The number of aryl methyl sites for hydroxylation is 1. The van der Waals surface area contributed by atoms with E-state index in [9.17, 15) is 18.7 Å². The molecule has 0 heterocycles. The molecule has 0 amide bonds. The standard InChI is InChI=1S/C15H19F2NO3/c1-9-2-3-11(16)13(12(9)17)18-8-15(21)6-4-10(5-7-15)14(19)20/h2-3,10,18,21H,4-8H2,1H3,(H,19,20). The molecule has 0 aliphatic heterocycles. The lowest BCUT2D eigenvalue weighted by molar-refractivity contribution is -0.144. The quantitative estimate of drug-likeness (QED) is 0.799. The summed E-state index contributed by atoms with van der Waals surface area (Å²) in [7, 11) is 0. The SMILES string of the molecule is Cc1ccc(F)c(NCC2(O)CCC(C(=O)O)CC2)c1F. The van der Waals surface area contributed by atoms with Crippen LogP contribution in [-0.4, -0.2) is 28.3 Å². The molecule has 1 aliphatic rings. The van der Waals surface area contributed by atoms with E-state index in [1.54, 1.807) is 0 Å². The van der Waals surface area contributed by atoms with Gasteiger partial charge in [-0.1, -0.05) is 6.07 Å². The Morgan fingerprint density at radius 3 is 2.57 bits per heavy atom. The van der Waals surface area contributed by atoms with E-state index in [0.29, 0.717) is 31.2 Å². The largest absolute Gasteiger partial charge is 0.481 e. The second-order valence-corrected chi connectivity index (χ2v) is 5.74. The van der Waals surface area contributed by atoms with E-state index in [2.05, 4.69) is 5.32 Å². The summed E-state index contributed by atoms with van der Waals surface area (Å²) < 4.78 is 27.5. The summed E-state index contributed by atoms with van der Waals surface area (Å²) in [6.45, 7) is 1.53. The highest BCUT2D eigenvalue weighted by Gasteiger charge is 2.35. The Bertz CT molecular complexity index is 540. The van der Waals surface area contributed by atoms with E-state index in [-0.39, 0.29) is 12.2 Å². The summed E-state index contributed by atoms with van der Waals surface area (Å²) in [5.41, 5.74) is -1.06. The van der Waals surface area contributed by atoms with Crippen molar-refractivity contribution >= 4 is 11.7 Å². The smallest absolute Gasteiger partial charge is 0.306 e. The molecule has 1 aromatic rings. The monoisotopic (exact) mass is 299 g/mol. The lowest BCUT2D eigenvalue weighted by Crippen LogP contribution is -2.42. The Hall–Kier alpha value is -1.69. The molecular weight excluding hydrogens is 280 g/mol. The first-order chi connectivity index (χ1) is 9.82. The van der Waals surface area contributed by atoms with E-state index in [0.717, 1.165) is 0 Å². The Labute approximate surface area is 121 Å². The van der Waals surface area contributed by atoms with E-state index in [4.69, 9.17) is 5.11 Å². The van der Waals surface area contributed by atoms with Crippen molar-refractivity contribution in [3.63, 3.8) is 0 Å². The predicted molar refractivity (Wildman–Crippen MR) is 74.1 cm³/mol. The van der Waals surface area contributed by atoms with Gasteiger partial charge in [0, 0.05) is 6.54 Å². The van der Waals surface area contributed by atoms with Gasteiger partial charge in [-0.3, -0.25) is 4.79 Å². The number of hydrogen-bond acceptors (Lipinski definition) is 3. The van der Waals surface area contributed by atoms with Crippen LogP contribution in [0.15, 0.2) is 12.1 Å². The molecular formula is C15H19F2NO3. The normalized spacial score (nSPS) is 25.6. The number of aliphatic hydroxyl groups is 1. The number of halogens is 2. The molecule has 0 unspecified atom stereocenters. The number of benzene rings is 1. The second-order valence-electron chi connectivity index (χ2n) is 5.74. The molecule has 0 spiro atoms. The molecule has 1 aromatic carbocycles. The first-order valence-electron chi connectivity index (χ1n) is 6.96. The summed E-state index contributed by atoms with van der Waals surface area (Å²) in [4.78, 5) is 10.9. The maximum absolute atomic E-state index is 13.8. The fourth-order valence-corrected chi connectivity index (χ4v) is 2.65. The minimum Gasteiger partial charge on any atom is -0.481 e. The average molecular weight is 299 g/mol. The average Bonchev–Trinajstić information content (AvgIpc) is 2.43. The van der Waals surface area contributed by atoms with Crippen LogP contribution in [0.1, 0.15) is 31.2 Å². The van der Waals surface area contributed by atoms with Gasteiger partial charge in [0.1, 0.15) is 11.5 Å². The number of rotatable bonds is 4. The Kier molecular flexibility index (Phi) is 4.46. The fourth-order valence-electron chi connectivity index (χ4n) is 2.65. The molecule has 3 N–H and O–H groups in total. The first-order valence-corrected chi connectivity index (χ1v) is 6.96. The molecule has 21 heavy (non-hydrogen) atoms. The van der Waals surface area contributed by atoms with Gasteiger partial charge in [0.05, 0.1) is 11.5 Å². The van der Waals surface area contributed by atoms with Crippen LogP contribution in [0.4, 0.5) is 14.5 Å². The molecule has 0 aromatic heterocycles. The van der Waals surface area contributed by atoms with Crippen molar-refractivity contribution in [1.82, 2.24) is 0 Å². The fraction of sp³-hybridized carbons (Fsp3) is 0.533. The lowest BCUT2D eigenvalue weighted by atomic mass is 9.79. The highest BCUT2D eigenvalue weighted by Crippen LogP contribution is 2.33. The third kappa shape index (κ3) is 3.50. The highest BCUT2D eigenvalue weighted by atomic mass is 19.1. The Balaban J connectivity index is 2.01. The summed E-state index contributed by atoms with van der Waals surface area (Å²) in [6, 6.07) is 2.52. The van der Waals surface area contributed by atoms with Gasteiger partial charge in [-0.15, -0.1) is 0 Å². The van der Waals surface area contributed by atoms with Crippen LogP contribution in [0.3, 0.4) is 0 Å². The van der Waals surface area contributed by atoms with E-state index >= 15 is 0 Å². The number of aliphatic carboxylic acids is 1. The van der Waals surface area contributed by atoms with Crippen LogP contribution in [0.25, 0.3) is 0 Å². The number of hydrogen-bond donors (Lipinski definition) is 3. The topological polar surface area (TPSA) is 69.6 Å². The van der Waals surface area contributed by atoms with Gasteiger partial charge in [0.2, 0.25) is 0 Å². The van der Waals surface area contributed by atoms with Crippen LogP contribution < -0.4 is 5.32 Å². The van der Waals surface area contributed by atoms with Crippen molar-refractivity contribution in [3.05, 3.63) is 29.3 Å². The van der Waals surface area contributed by atoms with E-state index in [1.807, 2.05) is 0 Å². The van der Waals surface area contributed by atoms with Gasteiger partial charge in [-0.05, 0) is 44.2 Å². The van der Waals surface area contributed by atoms with Crippen LogP contribution in [0.5, 0.6) is 0 Å². The van der Waals surface area contributed by atoms with Crippen LogP contribution in [-0.2, 0) is 4.79 Å². The Morgan fingerprint density at radius 1 is 1.38 bits per heavy atom. The van der Waals surface area contributed by atoms with Crippen molar-refractivity contribution in [2.45, 2.75) is 38.2 Å². The van der Waals surface area contributed by atoms with Crippen LogP contribution >= 0.6 is 0 Å². The number of nitrogens with one attached hydrogen (secondary N) is 1. The van der Waals surface area contributed by atoms with Crippen molar-refractivity contribution in [1.29, 1.82) is 0 Å². The minimum atomic E-state index is -1.13. The number of carbonyl (C=O) groups is 1. The number of carboxylic acids is 1. The Morgan fingerprint density at radius 2 is 2.00 bits per heavy atom. The van der Waals surface area contributed by atoms with Gasteiger partial charge in [-0.25, -0.2) is 8.78 Å². The van der Waals surface area contributed by atoms with Crippen molar-refractivity contribution in [2.75, 3.05) is 11.9 Å². The van der Waals surface area contributed by atoms with Gasteiger partial charge in [0.15, 0.2) is 5.82 Å². The zero-order valence-electron chi connectivity index (χ0n) is 11.8. The predicted octanol–water partition coefficient (Wildman–Crippen LogP) is 2.69. The zero-order valence-corrected chi connectivity index (χ0v) is 11.8. The van der Waals surface area contributed by atoms with Gasteiger partial charge in [-0.2, -0.15) is 0 Å². The molecule has 6 heteroatoms. The molecule has 2 rings (SSSR count). The third-order valence-electron chi connectivity index (χ3n) is 4.14. The van der Waals surface area contributed by atoms with E-state index < -0.39 is 29.1 Å². The molecule has 1 fully saturated rings. The molecule has 0 atom stereocenters. The van der Waals surface area contributed by atoms with Gasteiger partial charge < -0.3 is 15.5 Å². The van der Waals surface area contributed by atoms with Crippen LogP contribution in [0.2, 0.25) is 0 Å². The van der Waals surface area contributed by atoms with Crippen LogP contribution in [0, 0.1) is 24.5 Å². The molecule has 1 aliphatic carbocycles. The molecule has 0 radical (unpaired) electrons. The maximum atomic E-state index is 13.8. The maximum Gasteiger partial charge on any atom is 0.306 e. The van der Waals surface area contributed by atoms with Gasteiger partial charge in [0.25, 0.3) is 0 Å². The minimum absolute atomic E-state index is 0.00334. The molecule has 0 saturated heterocycles. The van der Waals surface area contributed by atoms with E-state index in [1.165, 1.54) is 19.1 Å².